The molecule has 154 valence electrons. The molecule has 1 N–H and O–H groups in total. The van der Waals surface area contributed by atoms with Gasteiger partial charge in [0.2, 0.25) is 0 Å². The topological polar surface area (TPSA) is 74.2 Å². The van der Waals surface area contributed by atoms with Gasteiger partial charge in [-0.05, 0) is 26.0 Å². The summed E-state index contributed by atoms with van der Waals surface area (Å²) in [6, 6.07) is 5.98. The van der Waals surface area contributed by atoms with Gasteiger partial charge in [0.15, 0.2) is 11.5 Å². The van der Waals surface area contributed by atoms with Gasteiger partial charge < -0.3 is 4.90 Å². The highest BCUT2D eigenvalue weighted by molar-refractivity contribution is 7.99. The summed E-state index contributed by atoms with van der Waals surface area (Å²) in [4.78, 5) is 35.7. The smallest absolute Gasteiger partial charge is 0.332 e. The van der Waals surface area contributed by atoms with Crippen molar-refractivity contribution in [1.29, 1.82) is 0 Å². The molecule has 0 amide bonds. The summed E-state index contributed by atoms with van der Waals surface area (Å²) in [5.41, 5.74) is -0.136. The fourth-order valence-corrected chi connectivity index (χ4v) is 4.24. The standard InChI is InChI=1S/C20H24FN5O2S/c1-5-26(6-2)10-11-29-18-15-17(24(3)20(28)25(4)19(15)27)22-16(23-18)13-8-7-9-14(21)12-13/h7-9,12H,5-6,10-11H2,1-4H3/p+1. The zero-order chi connectivity index (χ0) is 21.1. The number of aromatic nitrogens is 4. The zero-order valence-electron chi connectivity index (χ0n) is 17.0. The highest BCUT2D eigenvalue weighted by Gasteiger charge is 2.18. The highest BCUT2D eigenvalue weighted by atomic mass is 32.2. The molecule has 1 aromatic carbocycles. The van der Waals surface area contributed by atoms with Crippen molar-refractivity contribution >= 4 is 22.8 Å². The van der Waals surface area contributed by atoms with Gasteiger partial charge >= 0.3 is 5.69 Å². The number of nitrogens with zero attached hydrogens (tertiary/aromatic N) is 4. The maximum Gasteiger partial charge on any atom is 0.332 e. The van der Waals surface area contributed by atoms with E-state index >= 15 is 0 Å². The van der Waals surface area contributed by atoms with Gasteiger partial charge in [0.1, 0.15) is 16.2 Å². The Balaban J connectivity index is 2.18. The van der Waals surface area contributed by atoms with E-state index in [2.05, 4.69) is 23.8 Å². The van der Waals surface area contributed by atoms with Crippen molar-refractivity contribution in [1.82, 2.24) is 19.1 Å². The number of hydrogen-bond donors (Lipinski definition) is 1. The van der Waals surface area contributed by atoms with Crippen LogP contribution in [0, 0.1) is 5.82 Å². The van der Waals surface area contributed by atoms with Crippen LogP contribution >= 0.6 is 11.8 Å². The molecule has 0 aliphatic carbocycles. The Morgan fingerprint density at radius 1 is 1.10 bits per heavy atom. The van der Waals surface area contributed by atoms with Gasteiger partial charge in [-0.3, -0.25) is 13.9 Å². The van der Waals surface area contributed by atoms with E-state index in [0.29, 0.717) is 16.0 Å². The average molecular weight is 419 g/mol. The summed E-state index contributed by atoms with van der Waals surface area (Å²) in [6.07, 6.45) is 0. The zero-order valence-corrected chi connectivity index (χ0v) is 17.8. The van der Waals surface area contributed by atoms with Crippen LogP contribution in [0.2, 0.25) is 0 Å². The minimum atomic E-state index is -0.463. The van der Waals surface area contributed by atoms with E-state index in [1.807, 2.05) is 0 Å². The SMILES string of the molecule is CC[NH+](CC)CCSc1nc(-c2cccc(F)c2)nc2c1c(=O)n(C)c(=O)n2C. The number of thioether (sulfide) groups is 1. The van der Waals surface area contributed by atoms with Crippen LogP contribution in [0.4, 0.5) is 4.39 Å². The summed E-state index contributed by atoms with van der Waals surface area (Å²) in [6.45, 7) is 7.23. The minimum absolute atomic E-state index is 0.255. The Kier molecular flexibility index (Phi) is 6.49. The molecule has 0 fully saturated rings. The van der Waals surface area contributed by atoms with Crippen molar-refractivity contribution in [2.45, 2.75) is 18.9 Å². The Labute approximate surface area is 172 Å². The maximum absolute atomic E-state index is 13.7. The molecule has 9 heteroatoms. The molecule has 0 aliphatic heterocycles. The fraction of sp³-hybridized carbons (Fsp3) is 0.400. The number of fused-ring (bicyclic) bond motifs is 1. The summed E-state index contributed by atoms with van der Waals surface area (Å²) >= 11 is 1.47. The number of nitrogens with one attached hydrogen (secondary N) is 1. The van der Waals surface area contributed by atoms with Crippen LogP contribution in [0.25, 0.3) is 22.4 Å². The number of rotatable bonds is 7. The maximum atomic E-state index is 13.7. The molecule has 2 aromatic heterocycles. The monoisotopic (exact) mass is 418 g/mol. The lowest BCUT2D eigenvalue weighted by molar-refractivity contribution is -0.893. The van der Waals surface area contributed by atoms with Crippen molar-refractivity contribution < 1.29 is 9.29 Å². The highest BCUT2D eigenvalue weighted by Crippen LogP contribution is 2.26. The Bertz CT molecular complexity index is 1150. The molecule has 0 saturated heterocycles. The van der Waals surface area contributed by atoms with Crippen LogP contribution in [-0.4, -0.2) is 44.5 Å². The van der Waals surface area contributed by atoms with Crippen LogP contribution in [-0.2, 0) is 14.1 Å². The Hall–Kier alpha value is -2.52. The molecule has 2 heterocycles. The molecule has 0 aliphatic rings. The number of aryl methyl sites for hydroxylation is 1. The Morgan fingerprint density at radius 3 is 2.48 bits per heavy atom. The quantitative estimate of drug-likeness (QED) is 0.455. The molecule has 0 unspecified atom stereocenters. The van der Waals surface area contributed by atoms with E-state index in [1.54, 1.807) is 19.2 Å². The molecule has 7 nitrogen and oxygen atoms in total. The van der Waals surface area contributed by atoms with Crippen molar-refractivity contribution in [3.05, 3.63) is 50.9 Å². The van der Waals surface area contributed by atoms with Crippen LogP contribution in [0.15, 0.2) is 38.9 Å². The number of benzene rings is 1. The average Bonchev–Trinajstić information content (AvgIpc) is 2.73. The molecule has 29 heavy (non-hydrogen) atoms. The fourth-order valence-electron chi connectivity index (χ4n) is 3.19. The van der Waals surface area contributed by atoms with Crippen molar-refractivity contribution in [3.63, 3.8) is 0 Å². The lowest BCUT2D eigenvalue weighted by atomic mass is 10.2. The van der Waals surface area contributed by atoms with Crippen LogP contribution in [0.3, 0.4) is 0 Å². The summed E-state index contributed by atoms with van der Waals surface area (Å²) in [5.74, 6) is 0.652. The van der Waals surface area contributed by atoms with Crippen molar-refractivity contribution in [3.8, 4) is 11.4 Å². The molecule has 0 radical (unpaired) electrons. The van der Waals surface area contributed by atoms with Gasteiger partial charge in [0.05, 0.1) is 19.6 Å². The normalized spacial score (nSPS) is 11.5. The van der Waals surface area contributed by atoms with E-state index in [-0.39, 0.29) is 11.5 Å². The molecule has 0 atom stereocenters. The predicted molar refractivity (Wildman–Crippen MR) is 113 cm³/mol. The number of quaternary nitrogens is 1. The second kappa shape index (κ2) is 8.87. The predicted octanol–water partition coefficient (Wildman–Crippen LogP) is 0.850. The van der Waals surface area contributed by atoms with Crippen LogP contribution in [0.5, 0.6) is 0 Å². The van der Waals surface area contributed by atoms with Crippen LogP contribution in [0.1, 0.15) is 13.8 Å². The second-order valence-corrected chi connectivity index (χ2v) is 7.91. The third-order valence-electron chi connectivity index (χ3n) is 5.04. The summed E-state index contributed by atoms with van der Waals surface area (Å²) in [5, 5.41) is 0.825. The van der Waals surface area contributed by atoms with E-state index in [9.17, 15) is 14.0 Å². The molecular formula is C20H25FN5O2S+. The van der Waals surface area contributed by atoms with Gasteiger partial charge in [-0.1, -0.05) is 23.9 Å². The first-order valence-electron chi connectivity index (χ1n) is 9.57. The summed E-state index contributed by atoms with van der Waals surface area (Å²) < 4.78 is 16.1. The molecule has 3 rings (SSSR count). The minimum Gasteiger partial charge on any atom is -0.335 e. The Morgan fingerprint density at radius 2 is 1.83 bits per heavy atom. The van der Waals surface area contributed by atoms with Crippen LogP contribution < -0.4 is 16.1 Å². The third kappa shape index (κ3) is 4.25. The first kappa shape index (κ1) is 21.2. The molecule has 0 saturated carbocycles. The lowest BCUT2D eigenvalue weighted by Gasteiger charge is -2.15. The van der Waals surface area contributed by atoms with Gasteiger partial charge in [-0.25, -0.2) is 19.2 Å². The number of hydrogen-bond acceptors (Lipinski definition) is 5. The molecule has 0 bridgehead atoms. The first-order valence-corrected chi connectivity index (χ1v) is 10.6. The van der Waals surface area contributed by atoms with E-state index in [0.717, 1.165) is 30.0 Å². The van der Waals surface area contributed by atoms with Crippen molar-refractivity contribution in [2.24, 2.45) is 14.1 Å². The van der Waals surface area contributed by atoms with E-state index < -0.39 is 17.1 Å². The first-order chi connectivity index (χ1) is 13.9. The molecular weight excluding hydrogens is 393 g/mol. The van der Waals surface area contributed by atoms with E-state index in [1.165, 1.54) is 40.4 Å². The van der Waals surface area contributed by atoms with Gasteiger partial charge in [-0.15, -0.1) is 0 Å². The van der Waals surface area contributed by atoms with Gasteiger partial charge in [-0.2, -0.15) is 0 Å². The van der Waals surface area contributed by atoms with E-state index in [4.69, 9.17) is 0 Å². The molecule has 0 spiro atoms. The number of halogens is 1. The third-order valence-corrected chi connectivity index (χ3v) is 6.02. The summed E-state index contributed by atoms with van der Waals surface area (Å²) in [7, 11) is 3.01. The largest absolute Gasteiger partial charge is 0.335 e. The van der Waals surface area contributed by atoms with Crippen molar-refractivity contribution in [2.75, 3.05) is 25.4 Å². The second-order valence-electron chi connectivity index (χ2n) is 6.82. The van der Waals surface area contributed by atoms with Gasteiger partial charge in [0.25, 0.3) is 5.56 Å². The van der Waals surface area contributed by atoms with Gasteiger partial charge in [0, 0.05) is 25.4 Å². The lowest BCUT2D eigenvalue weighted by Crippen LogP contribution is -3.11. The molecule has 3 aromatic rings.